The molecule has 0 aliphatic heterocycles. The Labute approximate surface area is 155 Å². The van der Waals surface area contributed by atoms with Crippen molar-refractivity contribution in [2.75, 3.05) is 11.0 Å². The van der Waals surface area contributed by atoms with Gasteiger partial charge in [0.15, 0.2) is 0 Å². The Bertz CT molecular complexity index is 1010. The lowest BCUT2D eigenvalue weighted by atomic mass is 9.90. The highest BCUT2D eigenvalue weighted by Crippen LogP contribution is 2.32. The minimum atomic E-state index is -3.28. The Balaban J connectivity index is 2.10. The van der Waals surface area contributed by atoms with Crippen molar-refractivity contribution in [3.05, 3.63) is 102 Å². The minimum Gasteiger partial charge on any atom is -0.284 e. The molecule has 0 atom stereocenters. The van der Waals surface area contributed by atoms with Crippen LogP contribution in [-0.2, 0) is 10.0 Å². The third-order valence-corrected chi connectivity index (χ3v) is 4.73. The molecule has 3 nitrogen and oxygen atoms in total. The third kappa shape index (κ3) is 4.41. The predicted octanol–water partition coefficient (Wildman–Crippen LogP) is 5.04. The standard InChI is InChI=1S/C22H21NO2S/c1-17(18-9-5-3-6-10-18)22(19-11-7-4-8-12-19)20-13-15-21(16-14-20)23-26(2,24)25/h3-16,23H,1-2H3/b22-17-. The second-order valence-electron chi connectivity index (χ2n) is 6.18. The second kappa shape index (κ2) is 7.58. The Morgan fingerprint density at radius 3 is 1.65 bits per heavy atom. The zero-order valence-electron chi connectivity index (χ0n) is 14.8. The normalized spacial score (nSPS) is 12.4. The fraction of sp³-hybridized carbons (Fsp3) is 0.0909. The number of hydrogen-bond acceptors (Lipinski definition) is 2. The second-order valence-corrected chi connectivity index (χ2v) is 7.93. The van der Waals surface area contributed by atoms with Crippen molar-refractivity contribution in [3.63, 3.8) is 0 Å². The van der Waals surface area contributed by atoms with Crippen LogP contribution in [0.2, 0.25) is 0 Å². The van der Waals surface area contributed by atoms with Crippen LogP contribution in [0.4, 0.5) is 5.69 Å². The summed E-state index contributed by atoms with van der Waals surface area (Å²) in [5.74, 6) is 0. The zero-order chi connectivity index (χ0) is 18.6. The number of anilines is 1. The highest BCUT2D eigenvalue weighted by molar-refractivity contribution is 7.92. The van der Waals surface area contributed by atoms with Gasteiger partial charge in [0.05, 0.1) is 6.26 Å². The lowest BCUT2D eigenvalue weighted by molar-refractivity contribution is 0.607. The number of allylic oxidation sites excluding steroid dienone is 1. The Morgan fingerprint density at radius 2 is 1.15 bits per heavy atom. The van der Waals surface area contributed by atoms with Crippen molar-refractivity contribution >= 4 is 26.9 Å². The largest absolute Gasteiger partial charge is 0.284 e. The van der Waals surface area contributed by atoms with Gasteiger partial charge in [0.1, 0.15) is 0 Å². The highest BCUT2D eigenvalue weighted by atomic mass is 32.2. The predicted molar refractivity (Wildman–Crippen MR) is 109 cm³/mol. The molecule has 3 rings (SSSR count). The van der Waals surface area contributed by atoms with E-state index in [4.69, 9.17) is 0 Å². The molecule has 132 valence electrons. The molecule has 0 radical (unpaired) electrons. The number of benzene rings is 3. The molecule has 3 aromatic rings. The highest BCUT2D eigenvalue weighted by Gasteiger charge is 2.11. The summed E-state index contributed by atoms with van der Waals surface area (Å²) in [6.45, 7) is 2.11. The van der Waals surface area contributed by atoms with Crippen LogP contribution in [0.25, 0.3) is 11.1 Å². The third-order valence-electron chi connectivity index (χ3n) is 4.12. The molecule has 0 saturated carbocycles. The van der Waals surface area contributed by atoms with Crippen LogP contribution < -0.4 is 4.72 Å². The molecule has 26 heavy (non-hydrogen) atoms. The van der Waals surface area contributed by atoms with Gasteiger partial charge in [0.25, 0.3) is 0 Å². The first-order valence-corrected chi connectivity index (χ1v) is 10.2. The molecule has 0 saturated heterocycles. The summed E-state index contributed by atoms with van der Waals surface area (Å²) in [6, 6.07) is 27.9. The molecule has 4 heteroatoms. The zero-order valence-corrected chi connectivity index (χ0v) is 15.6. The van der Waals surface area contributed by atoms with Gasteiger partial charge < -0.3 is 0 Å². The summed E-state index contributed by atoms with van der Waals surface area (Å²) < 4.78 is 25.3. The summed E-state index contributed by atoms with van der Waals surface area (Å²) in [4.78, 5) is 0. The van der Waals surface area contributed by atoms with Crippen molar-refractivity contribution < 1.29 is 8.42 Å². The first-order valence-electron chi connectivity index (χ1n) is 8.34. The van der Waals surface area contributed by atoms with Gasteiger partial charge >= 0.3 is 0 Å². The Morgan fingerprint density at radius 1 is 0.692 bits per heavy atom. The topological polar surface area (TPSA) is 46.2 Å². The minimum absolute atomic E-state index is 0.557. The number of sulfonamides is 1. The molecular formula is C22H21NO2S. The number of hydrogen-bond donors (Lipinski definition) is 1. The number of rotatable bonds is 5. The van der Waals surface area contributed by atoms with Crippen LogP contribution in [0.1, 0.15) is 23.6 Å². The summed E-state index contributed by atoms with van der Waals surface area (Å²) in [5, 5.41) is 0. The lowest BCUT2D eigenvalue weighted by Gasteiger charge is -2.15. The van der Waals surface area contributed by atoms with Crippen LogP contribution in [0.15, 0.2) is 84.9 Å². The van der Waals surface area contributed by atoms with E-state index in [0.717, 1.165) is 28.5 Å². The van der Waals surface area contributed by atoms with Gasteiger partial charge in [-0.05, 0) is 46.9 Å². The maximum atomic E-state index is 11.4. The van der Waals surface area contributed by atoms with E-state index in [2.05, 4.69) is 35.9 Å². The average molecular weight is 363 g/mol. The first kappa shape index (κ1) is 18.0. The monoisotopic (exact) mass is 363 g/mol. The molecule has 0 bridgehead atoms. The van der Waals surface area contributed by atoms with E-state index in [1.54, 1.807) is 12.1 Å². The molecule has 0 unspecified atom stereocenters. The maximum absolute atomic E-state index is 11.4. The SMILES string of the molecule is C/C(=C(\c1ccccc1)c1ccc(NS(C)(=O)=O)cc1)c1ccccc1. The molecule has 1 N–H and O–H groups in total. The van der Waals surface area contributed by atoms with Crippen LogP contribution >= 0.6 is 0 Å². The van der Waals surface area contributed by atoms with Crippen molar-refractivity contribution in [2.45, 2.75) is 6.92 Å². The summed E-state index contributed by atoms with van der Waals surface area (Å²) in [7, 11) is -3.28. The van der Waals surface area contributed by atoms with Gasteiger partial charge in [-0.2, -0.15) is 0 Å². The molecule has 0 aliphatic rings. The van der Waals surface area contributed by atoms with Crippen LogP contribution in [0.3, 0.4) is 0 Å². The smallest absolute Gasteiger partial charge is 0.229 e. The summed E-state index contributed by atoms with van der Waals surface area (Å²) in [6.07, 6.45) is 1.15. The first-order chi connectivity index (χ1) is 12.4. The summed E-state index contributed by atoms with van der Waals surface area (Å²) >= 11 is 0. The van der Waals surface area contributed by atoms with Crippen LogP contribution in [0, 0.1) is 0 Å². The van der Waals surface area contributed by atoms with Crippen molar-refractivity contribution in [1.82, 2.24) is 0 Å². The van der Waals surface area contributed by atoms with Gasteiger partial charge in [-0.3, -0.25) is 4.72 Å². The quantitative estimate of drug-likeness (QED) is 0.646. The van der Waals surface area contributed by atoms with Crippen molar-refractivity contribution in [2.24, 2.45) is 0 Å². The summed E-state index contributed by atoms with van der Waals surface area (Å²) in [5.41, 5.74) is 6.17. The van der Waals surface area contributed by atoms with Gasteiger partial charge in [-0.25, -0.2) is 8.42 Å². The van der Waals surface area contributed by atoms with E-state index < -0.39 is 10.0 Å². The molecule has 3 aromatic carbocycles. The van der Waals surface area contributed by atoms with E-state index in [9.17, 15) is 8.42 Å². The van der Waals surface area contributed by atoms with Gasteiger partial charge in [0.2, 0.25) is 10.0 Å². The maximum Gasteiger partial charge on any atom is 0.229 e. The average Bonchev–Trinajstić information content (AvgIpc) is 2.64. The molecule has 0 fully saturated rings. The molecule has 0 heterocycles. The van der Waals surface area contributed by atoms with E-state index in [1.165, 1.54) is 5.57 Å². The van der Waals surface area contributed by atoms with E-state index in [1.807, 2.05) is 48.5 Å². The molecule has 0 amide bonds. The van der Waals surface area contributed by atoms with Gasteiger partial charge in [0, 0.05) is 5.69 Å². The van der Waals surface area contributed by atoms with E-state index in [-0.39, 0.29) is 0 Å². The van der Waals surface area contributed by atoms with Gasteiger partial charge in [-0.15, -0.1) is 0 Å². The molecule has 0 spiro atoms. The molecule has 0 aromatic heterocycles. The van der Waals surface area contributed by atoms with Crippen molar-refractivity contribution in [1.29, 1.82) is 0 Å². The van der Waals surface area contributed by atoms with Crippen LogP contribution in [0.5, 0.6) is 0 Å². The van der Waals surface area contributed by atoms with E-state index >= 15 is 0 Å². The Kier molecular flexibility index (Phi) is 5.24. The fourth-order valence-electron chi connectivity index (χ4n) is 2.96. The van der Waals surface area contributed by atoms with Gasteiger partial charge in [-0.1, -0.05) is 72.8 Å². The molecular weight excluding hydrogens is 342 g/mol. The number of nitrogens with one attached hydrogen (secondary N) is 1. The Hall–Kier alpha value is -2.85. The lowest BCUT2D eigenvalue weighted by Crippen LogP contribution is -2.09. The fourth-order valence-corrected chi connectivity index (χ4v) is 3.52. The van der Waals surface area contributed by atoms with E-state index in [0.29, 0.717) is 5.69 Å². The molecule has 0 aliphatic carbocycles. The van der Waals surface area contributed by atoms with Crippen LogP contribution in [-0.4, -0.2) is 14.7 Å². The van der Waals surface area contributed by atoms with Crippen molar-refractivity contribution in [3.8, 4) is 0 Å².